The van der Waals surface area contributed by atoms with Gasteiger partial charge in [-0.25, -0.2) is 13.2 Å². The second-order valence-corrected chi connectivity index (χ2v) is 8.15. The number of carboxylic acid groups (broad SMARTS) is 1. The lowest BCUT2D eigenvalue weighted by atomic mass is 10.2. The van der Waals surface area contributed by atoms with Gasteiger partial charge >= 0.3 is 5.97 Å². The Hall–Kier alpha value is -2.77. The van der Waals surface area contributed by atoms with Crippen LogP contribution in [-0.2, 0) is 22.1 Å². The van der Waals surface area contributed by atoms with Gasteiger partial charge in [0.1, 0.15) is 5.76 Å². The van der Waals surface area contributed by atoms with Crippen LogP contribution in [0.25, 0.3) is 0 Å². The Kier molecular flexibility index (Phi) is 5.53. The number of benzene rings is 2. The summed E-state index contributed by atoms with van der Waals surface area (Å²) in [5.74, 6) is -0.932. The summed E-state index contributed by atoms with van der Waals surface area (Å²) in [5, 5.41) is 12.2. The number of sulfone groups is 1. The number of hydrogen-bond donors (Lipinski definition) is 2. The van der Waals surface area contributed by atoms with Crippen molar-refractivity contribution in [2.24, 2.45) is 0 Å². The SMILES string of the molecule is O=C(O)c1cc(NCc2ccco2)c(Cl)c(S(=O)(=O)Cc2ccccc2)c1. The molecule has 0 spiro atoms. The van der Waals surface area contributed by atoms with E-state index in [-0.39, 0.29) is 33.5 Å². The van der Waals surface area contributed by atoms with E-state index in [0.717, 1.165) is 6.07 Å². The Labute approximate surface area is 161 Å². The molecule has 0 aliphatic heterocycles. The molecule has 140 valence electrons. The van der Waals surface area contributed by atoms with Crippen LogP contribution in [0.4, 0.5) is 5.69 Å². The van der Waals surface area contributed by atoms with E-state index in [9.17, 15) is 18.3 Å². The minimum Gasteiger partial charge on any atom is -0.478 e. The van der Waals surface area contributed by atoms with Crippen molar-refractivity contribution in [3.05, 3.63) is 82.8 Å². The summed E-state index contributed by atoms with van der Waals surface area (Å²) >= 11 is 6.31. The molecule has 3 aromatic rings. The molecule has 6 nitrogen and oxygen atoms in total. The summed E-state index contributed by atoms with van der Waals surface area (Å²) in [5.41, 5.74) is 0.618. The van der Waals surface area contributed by atoms with Crippen molar-refractivity contribution >= 4 is 33.1 Å². The van der Waals surface area contributed by atoms with Gasteiger partial charge in [0.25, 0.3) is 0 Å². The van der Waals surface area contributed by atoms with Crippen LogP contribution in [0.5, 0.6) is 0 Å². The molecule has 27 heavy (non-hydrogen) atoms. The van der Waals surface area contributed by atoms with E-state index in [4.69, 9.17) is 16.0 Å². The fourth-order valence-corrected chi connectivity index (χ4v) is 4.55. The number of furan rings is 1. The second-order valence-electron chi connectivity index (χ2n) is 5.82. The Bertz CT molecular complexity index is 1050. The molecule has 0 aliphatic carbocycles. The van der Waals surface area contributed by atoms with Crippen LogP contribution >= 0.6 is 11.6 Å². The highest BCUT2D eigenvalue weighted by atomic mass is 35.5. The van der Waals surface area contributed by atoms with E-state index in [1.54, 1.807) is 42.5 Å². The first-order chi connectivity index (χ1) is 12.9. The maximum atomic E-state index is 12.9. The van der Waals surface area contributed by atoms with E-state index in [2.05, 4.69) is 5.32 Å². The first kappa shape index (κ1) is 19.0. The number of anilines is 1. The maximum absolute atomic E-state index is 12.9. The van der Waals surface area contributed by atoms with E-state index < -0.39 is 15.8 Å². The first-order valence-corrected chi connectivity index (χ1v) is 9.99. The van der Waals surface area contributed by atoms with Crippen LogP contribution in [0, 0.1) is 0 Å². The molecular formula is C19H16ClNO5S. The Morgan fingerprint density at radius 3 is 2.48 bits per heavy atom. The Morgan fingerprint density at radius 1 is 1.11 bits per heavy atom. The third-order valence-electron chi connectivity index (χ3n) is 3.85. The maximum Gasteiger partial charge on any atom is 0.335 e. The number of carbonyl (C=O) groups is 1. The van der Waals surface area contributed by atoms with Gasteiger partial charge in [-0.1, -0.05) is 41.9 Å². The number of halogens is 1. The summed E-state index contributed by atoms with van der Waals surface area (Å²) in [7, 11) is -3.85. The number of carboxylic acids is 1. The van der Waals surface area contributed by atoms with Gasteiger partial charge in [-0.15, -0.1) is 0 Å². The molecule has 0 atom stereocenters. The average molecular weight is 406 g/mol. The number of aromatic carboxylic acids is 1. The first-order valence-electron chi connectivity index (χ1n) is 7.96. The van der Waals surface area contributed by atoms with Crippen molar-refractivity contribution in [3.8, 4) is 0 Å². The predicted molar refractivity (Wildman–Crippen MR) is 102 cm³/mol. The number of nitrogens with one attached hydrogen (secondary N) is 1. The molecule has 2 aromatic carbocycles. The molecule has 0 radical (unpaired) electrons. The number of hydrogen-bond acceptors (Lipinski definition) is 5. The minimum atomic E-state index is -3.85. The van der Waals surface area contributed by atoms with Crippen LogP contribution in [0.15, 0.2) is 70.2 Å². The summed E-state index contributed by atoms with van der Waals surface area (Å²) in [6.45, 7) is 0.230. The predicted octanol–water partition coefficient (Wildman–Crippen LogP) is 4.22. The quantitative estimate of drug-likeness (QED) is 0.611. The largest absolute Gasteiger partial charge is 0.478 e. The van der Waals surface area contributed by atoms with Gasteiger partial charge in [-0.3, -0.25) is 0 Å². The van der Waals surface area contributed by atoms with Crippen molar-refractivity contribution in [3.63, 3.8) is 0 Å². The summed E-state index contributed by atoms with van der Waals surface area (Å²) < 4.78 is 30.9. The smallest absolute Gasteiger partial charge is 0.335 e. The molecule has 0 bridgehead atoms. The van der Waals surface area contributed by atoms with Gasteiger partial charge < -0.3 is 14.8 Å². The molecule has 0 saturated carbocycles. The van der Waals surface area contributed by atoms with Crippen LogP contribution in [-0.4, -0.2) is 19.5 Å². The van der Waals surface area contributed by atoms with Gasteiger partial charge in [0, 0.05) is 0 Å². The fourth-order valence-electron chi connectivity index (χ4n) is 2.54. The molecule has 1 heterocycles. The zero-order valence-corrected chi connectivity index (χ0v) is 15.6. The van der Waals surface area contributed by atoms with Gasteiger partial charge in [0.15, 0.2) is 9.84 Å². The topological polar surface area (TPSA) is 96.6 Å². The van der Waals surface area contributed by atoms with Gasteiger partial charge in [0.2, 0.25) is 0 Å². The zero-order valence-electron chi connectivity index (χ0n) is 14.1. The summed E-state index contributed by atoms with van der Waals surface area (Å²) in [6, 6.07) is 14.4. The molecule has 2 N–H and O–H groups in total. The fraction of sp³-hybridized carbons (Fsp3) is 0.105. The molecule has 3 rings (SSSR count). The van der Waals surface area contributed by atoms with Gasteiger partial charge in [-0.2, -0.15) is 0 Å². The lowest BCUT2D eigenvalue weighted by Crippen LogP contribution is -2.10. The van der Waals surface area contributed by atoms with E-state index >= 15 is 0 Å². The zero-order chi connectivity index (χ0) is 19.4. The minimum absolute atomic E-state index is 0.0533. The van der Waals surface area contributed by atoms with Crippen molar-refractivity contribution in [1.29, 1.82) is 0 Å². The molecule has 1 aromatic heterocycles. The Balaban J connectivity index is 1.99. The van der Waals surface area contributed by atoms with E-state index in [0.29, 0.717) is 11.3 Å². The molecule has 0 amide bonds. The van der Waals surface area contributed by atoms with Crippen LogP contribution in [0.2, 0.25) is 5.02 Å². The molecule has 0 aliphatic rings. The van der Waals surface area contributed by atoms with E-state index in [1.165, 1.54) is 12.3 Å². The highest BCUT2D eigenvalue weighted by Crippen LogP contribution is 2.33. The highest BCUT2D eigenvalue weighted by molar-refractivity contribution is 7.90. The van der Waals surface area contributed by atoms with Gasteiger partial charge in [0.05, 0.1) is 39.7 Å². The molecule has 8 heteroatoms. The molecular weight excluding hydrogens is 390 g/mol. The highest BCUT2D eigenvalue weighted by Gasteiger charge is 2.24. The van der Waals surface area contributed by atoms with Crippen molar-refractivity contribution in [2.45, 2.75) is 17.2 Å². The lowest BCUT2D eigenvalue weighted by Gasteiger charge is -2.13. The average Bonchev–Trinajstić information content (AvgIpc) is 3.14. The lowest BCUT2D eigenvalue weighted by molar-refractivity contribution is 0.0696. The summed E-state index contributed by atoms with van der Waals surface area (Å²) in [6.07, 6.45) is 1.50. The molecule has 0 saturated heterocycles. The molecule has 0 fully saturated rings. The van der Waals surface area contributed by atoms with Crippen LogP contribution in [0.3, 0.4) is 0 Å². The van der Waals surface area contributed by atoms with Crippen molar-refractivity contribution in [2.75, 3.05) is 5.32 Å². The van der Waals surface area contributed by atoms with Crippen molar-refractivity contribution < 1.29 is 22.7 Å². The van der Waals surface area contributed by atoms with Crippen molar-refractivity contribution in [1.82, 2.24) is 0 Å². The Morgan fingerprint density at radius 2 is 1.85 bits per heavy atom. The summed E-state index contributed by atoms with van der Waals surface area (Å²) in [4.78, 5) is 11.2. The monoisotopic (exact) mass is 405 g/mol. The molecule has 0 unspecified atom stereocenters. The van der Waals surface area contributed by atoms with Crippen LogP contribution in [0.1, 0.15) is 21.7 Å². The second kappa shape index (κ2) is 7.85. The third kappa shape index (κ3) is 4.50. The van der Waals surface area contributed by atoms with E-state index in [1.807, 2.05) is 0 Å². The van der Waals surface area contributed by atoms with Crippen LogP contribution < -0.4 is 5.32 Å². The van der Waals surface area contributed by atoms with Gasteiger partial charge in [-0.05, 0) is 29.8 Å². The normalized spacial score (nSPS) is 11.3. The number of rotatable bonds is 7. The third-order valence-corrected chi connectivity index (χ3v) is 6.08. The standard InChI is InChI=1S/C19H16ClNO5S/c20-18-16(21-11-15-7-4-8-26-15)9-14(19(22)23)10-17(18)27(24,25)12-13-5-2-1-3-6-13/h1-10,21H,11-12H2,(H,22,23).